The summed E-state index contributed by atoms with van der Waals surface area (Å²) < 4.78 is 58.3. The second-order valence-corrected chi connectivity index (χ2v) is 7.65. The molecule has 8 heteroatoms. The lowest BCUT2D eigenvalue weighted by Crippen LogP contribution is -2.05. The summed E-state index contributed by atoms with van der Waals surface area (Å²) in [5, 5.41) is 9.24. The van der Waals surface area contributed by atoms with Crippen molar-refractivity contribution in [3.63, 3.8) is 0 Å². The first-order valence-corrected chi connectivity index (χ1v) is 10.2. The lowest BCUT2D eigenvalue weighted by atomic mass is 9.98. The van der Waals surface area contributed by atoms with Gasteiger partial charge >= 0.3 is 12.1 Å². The first-order valence-electron chi connectivity index (χ1n) is 10.2. The Morgan fingerprint density at radius 1 is 1.00 bits per heavy atom. The van der Waals surface area contributed by atoms with Crippen LogP contribution in [-0.2, 0) is 12.8 Å². The molecule has 33 heavy (non-hydrogen) atoms. The Bertz CT molecular complexity index is 1220. The Kier molecular flexibility index (Phi) is 6.18. The standard InChI is InChI=1S/C25H19F4NO3/c26-17-11-12-23(33-14-15-7-9-16(10-8-15)25(27,28)29)20(13-17)18-3-1-4-19(18)21-5-2-6-22(30-21)24(31)32/h2,5-13H,1,3-4,14H2,(H,31,32). The Morgan fingerprint density at radius 2 is 1.73 bits per heavy atom. The van der Waals surface area contributed by atoms with Gasteiger partial charge in [-0.3, -0.25) is 0 Å². The summed E-state index contributed by atoms with van der Waals surface area (Å²) in [5.74, 6) is -1.21. The summed E-state index contributed by atoms with van der Waals surface area (Å²) in [4.78, 5) is 15.5. The number of benzene rings is 2. The molecule has 2 aromatic carbocycles. The molecule has 0 unspecified atom stereocenters. The van der Waals surface area contributed by atoms with Crippen LogP contribution in [0.1, 0.15) is 52.1 Å². The monoisotopic (exact) mass is 457 g/mol. The summed E-state index contributed by atoms with van der Waals surface area (Å²) in [7, 11) is 0. The molecule has 0 spiro atoms. The summed E-state index contributed by atoms with van der Waals surface area (Å²) in [6, 6.07) is 13.5. The molecule has 1 aliphatic carbocycles. The van der Waals surface area contributed by atoms with Gasteiger partial charge in [-0.25, -0.2) is 14.2 Å². The van der Waals surface area contributed by atoms with Gasteiger partial charge in [-0.1, -0.05) is 18.2 Å². The molecule has 4 nitrogen and oxygen atoms in total. The van der Waals surface area contributed by atoms with Crippen LogP contribution >= 0.6 is 0 Å². The molecule has 1 aliphatic rings. The number of aromatic carboxylic acids is 1. The summed E-state index contributed by atoms with van der Waals surface area (Å²) in [6.07, 6.45) is -2.34. The minimum Gasteiger partial charge on any atom is -0.488 e. The number of carbonyl (C=O) groups is 1. The van der Waals surface area contributed by atoms with Gasteiger partial charge in [-0.05, 0) is 78.4 Å². The molecule has 1 aromatic heterocycles. The van der Waals surface area contributed by atoms with E-state index in [0.717, 1.165) is 29.7 Å². The van der Waals surface area contributed by atoms with E-state index in [-0.39, 0.29) is 12.3 Å². The molecule has 0 fully saturated rings. The highest BCUT2D eigenvalue weighted by Gasteiger charge is 2.30. The van der Waals surface area contributed by atoms with Gasteiger partial charge in [0.15, 0.2) is 0 Å². The minimum absolute atomic E-state index is 0.00608. The highest BCUT2D eigenvalue weighted by atomic mass is 19.4. The number of hydrogen-bond donors (Lipinski definition) is 1. The smallest absolute Gasteiger partial charge is 0.416 e. The van der Waals surface area contributed by atoms with E-state index in [0.29, 0.717) is 35.4 Å². The normalized spacial score (nSPS) is 13.9. The molecule has 0 radical (unpaired) electrons. The average molecular weight is 457 g/mol. The first kappa shape index (κ1) is 22.5. The number of carboxylic acid groups (broad SMARTS) is 1. The number of carboxylic acids is 1. The third-order valence-electron chi connectivity index (χ3n) is 5.44. The number of halogens is 4. The summed E-state index contributed by atoms with van der Waals surface area (Å²) in [5.41, 5.74) is 2.39. The third kappa shape index (κ3) is 5.05. The highest BCUT2D eigenvalue weighted by Crippen LogP contribution is 2.42. The van der Waals surface area contributed by atoms with E-state index in [1.54, 1.807) is 12.1 Å². The zero-order valence-corrected chi connectivity index (χ0v) is 17.3. The maximum atomic E-state index is 14.1. The van der Waals surface area contributed by atoms with Crippen LogP contribution < -0.4 is 4.74 Å². The van der Waals surface area contributed by atoms with E-state index in [1.165, 1.54) is 36.4 Å². The lowest BCUT2D eigenvalue weighted by molar-refractivity contribution is -0.137. The van der Waals surface area contributed by atoms with Crippen molar-refractivity contribution < 1.29 is 32.2 Å². The van der Waals surface area contributed by atoms with E-state index in [9.17, 15) is 27.5 Å². The molecule has 4 rings (SSSR count). The van der Waals surface area contributed by atoms with Crippen molar-refractivity contribution in [2.24, 2.45) is 0 Å². The number of pyridine rings is 1. The molecule has 0 atom stereocenters. The van der Waals surface area contributed by atoms with Crippen molar-refractivity contribution in [1.82, 2.24) is 4.98 Å². The van der Waals surface area contributed by atoms with Crippen LogP contribution in [0.5, 0.6) is 5.75 Å². The fourth-order valence-electron chi connectivity index (χ4n) is 3.86. The van der Waals surface area contributed by atoms with Crippen molar-refractivity contribution in [2.45, 2.75) is 32.0 Å². The molecule has 0 saturated heterocycles. The van der Waals surface area contributed by atoms with E-state index < -0.39 is 23.5 Å². The summed E-state index contributed by atoms with van der Waals surface area (Å²) >= 11 is 0. The number of nitrogens with zero attached hydrogens (tertiary/aromatic N) is 1. The van der Waals surface area contributed by atoms with Crippen LogP contribution in [0.15, 0.2) is 60.7 Å². The lowest BCUT2D eigenvalue weighted by Gasteiger charge is -2.15. The van der Waals surface area contributed by atoms with Crippen molar-refractivity contribution in [1.29, 1.82) is 0 Å². The molecule has 0 aliphatic heterocycles. The van der Waals surface area contributed by atoms with Crippen LogP contribution in [-0.4, -0.2) is 16.1 Å². The molecule has 170 valence electrons. The number of aromatic nitrogens is 1. The topological polar surface area (TPSA) is 59.4 Å². The Balaban J connectivity index is 1.65. The Hall–Kier alpha value is -3.68. The quantitative estimate of drug-likeness (QED) is 0.423. The van der Waals surface area contributed by atoms with Gasteiger partial charge in [-0.2, -0.15) is 13.2 Å². The van der Waals surface area contributed by atoms with Crippen molar-refractivity contribution in [3.05, 3.63) is 94.6 Å². The van der Waals surface area contributed by atoms with Crippen LogP contribution in [0.3, 0.4) is 0 Å². The van der Waals surface area contributed by atoms with Crippen LogP contribution in [0.4, 0.5) is 17.6 Å². The number of ether oxygens (including phenoxy) is 1. The molecule has 0 amide bonds. The molecular formula is C25H19F4NO3. The molecule has 3 aromatic rings. The average Bonchev–Trinajstić information content (AvgIpc) is 3.28. The van der Waals surface area contributed by atoms with E-state index >= 15 is 0 Å². The fraction of sp³-hybridized carbons (Fsp3) is 0.200. The van der Waals surface area contributed by atoms with Crippen LogP contribution in [0.2, 0.25) is 0 Å². The van der Waals surface area contributed by atoms with Crippen LogP contribution in [0.25, 0.3) is 11.1 Å². The molecule has 0 saturated carbocycles. The van der Waals surface area contributed by atoms with Crippen LogP contribution in [0, 0.1) is 5.82 Å². The van der Waals surface area contributed by atoms with Crippen molar-refractivity contribution >= 4 is 17.1 Å². The van der Waals surface area contributed by atoms with E-state index in [4.69, 9.17) is 4.74 Å². The fourth-order valence-corrected chi connectivity index (χ4v) is 3.86. The van der Waals surface area contributed by atoms with Gasteiger partial charge in [0.05, 0.1) is 11.3 Å². The van der Waals surface area contributed by atoms with Gasteiger partial charge in [0.1, 0.15) is 23.9 Å². The molecular weight excluding hydrogens is 438 g/mol. The number of hydrogen-bond acceptors (Lipinski definition) is 3. The Morgan fingerprint density at radius 3 is 2.42 bits per heavy atom. The van der Waals surface area contributed by atoms with Gasteiger partial charge in [-0.15, -0.1) is 0 Å². The zero-order chi connectivity index (χ0) is 23.6. The first-order chi connectivity index (χ1) is 15.7. The molecule has 1 N–H and O–H groups in total. The summed E-state index contributed by atoms with van der Waals surface area (Å²) in [6.45, 7) is 0.00608. The molecule has 0 bridgehead atoms. The van der Waals surface area contributed by atoms with E-state index in [2.05, 4.69) is 4.98 Å². The van der Waals surface area contributed by atoms with Crippen molar-refractivity contribution in [2.75, 3.05) is 0 Å². The predicted octanol–water partition coefficient (Wildman–Crippen LogP) is 6.61. The zero-order valence-electron chi connectivity index (χ0n) is 17.3. The Labute approximate surface area is 187 Å². The van der Waals surface area contributed by atoms with Crippen molar-refractivity contribution in [3.8, 4) is 5.75 Å². The predicted molar refractivity (Wildman–Crippen MR) is 114 cm³/mol. The van der Waals surface area contributed by atoms with Gasteiger partial charge in [0.2, 0.25) is 0 Å². The molecule has 1 heterocycles. The number of rotatable bonds is 6. The SMILES string of the molecule is O=C(O)c1cccc(C2=C(c3cc(F)ccc3OCc3ccc(C(F)(F)F)cc3)CCC2)n1. The highest BCUT2D eigenvalue weighted by molar-refractivity contribution is 5.94. The maximum absolute atomic E-state index is 14.1. The number of allylic oxidation sites excluding steroid dienone is 2. The van der Waals surface area contributed by atoms with Gasteiger partial charge in [0.25, 0.3) is 0 Å². The third-order valence-corrected chi connectivity index (χ3v) is 5.44. The van der Waals surface area contributed by atoms with E-state index in [1.807, 2.05) is 0 Å². The maximum Gasteiger partial charge on any atom is 0.416 e. The second kappa shape index (κ2) is 9.05. The van der Waals surface area contributed by atoms with Gasteiger partial charge < -0.3 is 9.84 Å². The van der Waals surface area contributed by atoms with Gasteiger partial charge in [0, 0.05) is 5.56 Å². The number of alkyl halides is 3. The largest absolute Gasteiger partial charge is 0.488 e. The minimum atomic E-state index is -4.42. The second-order valence-electron chi connectivity index (χ2n) is 7.65.